The van der Waals surface area contributed by atoms with Gasteiger partial charge in [0, 0.05) is 16.8 Å². The third-order valence-corrected chi connectivity index (χ3v) is 3.93. The molecule has 1 heterocycles. The number of hydrogen-bond acceptors (Lipinski definition) is 3. The summed E-state index contributed by atoms with van der Waals surface area (Å²) in [5.74, 6) is 0. The molecule has 21 heavy (non-hydrogen) atoms. The first kappa shape index (κ1) is 13.3. The highest BCUT2D eigenvalue weighted by atomic mass is 32.2. The molecule has 1 aliphatic heterocycles. The van der Waals surface area contributed by atoms with Crippen LogP contribution in [0.15, 0.2) is 70.6 Å². The van der Waals surface area contributed by atoms with E-state index in [1.165, 1.54) is 16.7 Å². The lowest BCUT2D eigenvalue weighted by Gasteiger charge is -2.25. The van der Waals surface area contributed by atoms with Crippen LogP contribution in [0.25, 0.3) is 0 Å². The number of carbonyl (C=O) groups excluding carboxylic acids is 1. The van der Waals surface area contributed by atoms with E-state index in [0.29, 0.717) is 10.6 Å². The largest absolute Gasteiger partial charge is 0.330 e. The zero-order valence-electron chi connectivity index (χ0n) is 11.0. The summed E-state index contributed by atoms with van der Waals surface area (Å²) in [6, 6.07) is 18.5. The zero-order valence-corrected chi connectivity index (χ0v) is 11.8. The minimum absolute atomic E-state index is 0.290. The standard InChI is InChI=1S/C16H11N3OS/c17-10-13-11-19(14-8-4-5-9-15(14)21-13)16(20)18-12-6-2-1-3-7-12/h1-9,11H,(H,18,20). The van der Waals surface area contributed by atoms with Crippen molar-refractivity contribution in [1.29, 1.82) is 5.26 Å². The smallest absolute Gasteiger partial charge is 0.307 e. The third-order valence-electron chi connectivity index (χ3n) is 2.95. The zero-order chi connectivity index (χ0) is 14.7. The Morgan fingerprint density at radius 2 is 1.81 bits per heavy atom. The molecule has 0 radical (unpaired) electrons. The van der Waals surface area contributed by atoms with Crippen molar-refractivity contribution in [3.8, 4) is 6.07 Å². The summed E-state index contributed by atoms with van der Waals surface area (Å²) < 4.78 is 0. The van der Waals surface area contributed by atoms with Crippen molar-refractivity contribution in [3.05, 3.63) is 65.7 Å². The number of allylic oxidation sites excluding steroid dienone is 1. The second-order valence-electron chi connectivity index (χ2n) is 4.34. The summed E-state index contributed by atoms with van der Waals surface area (Å²) in [6.45, 7) is 0. The fourth-order valence-electron chi connectivity index (χ4n) is 2.00. The van der Waals surface area contributed by atoms with Gasteiger partial charge in [0.05, 0.1) is 5.69 Å². The number of para-hydroxylation sites is 2. The van der Waals surface area contributed by atoms with Gasteiger partial charge in [-0.1, -0.05) is 42.1 Å². The lowest BCUT2D eigenvalue weighted by atomic mass is 10.3. The van der Waals surface area contributed by atoms with E-state index in [-0.39, 0.29) is 6.03 Å². The van der Waals surface area contributed by atoms with Gasteiger partial charge < -0.3 is 5.32 Å². The Morgan fingerprint density at radius 1 is 1.10 bits per heavy atom. The number of urea groups is 1. The molecule has 5 heteroatoms. The first-order chi connectivity index (χ1) is 10.3. The summed E-state index contributed by atoms with van der Waals surface area (Å²) in [6.07, 6.45) is 1.56. The molecule has 102 valence electrons. The number of hydrogen-bond donors (Lipinski definition) is 1. The molecule has 0 aromatic heterocycles. The van der Waals surface area contributed by atoms with E-state index in [2.05, 4.69) is 11.4 Å². The molecule has 3 rings (SSSR count). The number of fused-ring (bicyclic) bond motifs is 1. The Balaban J connectivity index is 1.92. The third kappa shape index (κ3) is 2.76. The summed E-state index contributed by atoms with van der Waals surface area (Å²) >= 11 is 1.36. The van der Waals surface area contributed by atoms with Gasteiger partial charge in [-0.05, 0) is 24.3 Å². The topological polar surface area (TPSA) is 56.1 Å². The van der Waals surface area contributed by atoms with Gasteiger partial charge in [0.15, 0.2) is 0 Å². The number of nitriles is 1. The number of nitrogens with one attached hydrogen (secondary N) is 1. The molecule has 0 saturated carbocycles. The molecule has 1 N–H and O–H groups in total. The van der Waals surface area contributed by atoms with Crippen LogP contribution in [0, 0.1) is 11.3 Å². The highest BCUT2D eigenvalue weighted by molar-refractivity contribution is 8.03. The molecular formula is C16H11N3OS. The number of rotatable bonds is 1. The van der Waals surface area contributed by atoms with Crippen LogP contribution in [0.1, 0.15) is 0 Å². The average Bonchev–Trinajstić information content (AvgIpc) is 2.54. The van der Waals surface area contributed by atoms with Crippen LogP contribution < -0.4 is 10.2 Å². The molecule has 2 aromatic rings. The summed E-state index contributed by atoms with van der Waals surface area (Å²) in [5, 5.41) is 11.9. The molecule has 0 fully saturated rings. The second kappa shape index (κ2) is 5.73. The van der Waals surface area contributed by atoms with E-state index in [9.17, 15) is 4.79 Å². The van der Waals surface area contributed by atoms with Gasteiger partial charge in [0.2, 0.25) is 0 Å². The van der Waals surface area contributed by atoms with Gasteiger partial charge in [0.1, 0.15) is 11.0 Å². The minimum Gasteiger partial charge on any atom is -0.307 e. The van der Waals surface area contributed by atoms with E-state index >= 15 is 0 Å². The Bertz CT molecular complexity index is 750. The van der Waals surface area contributed by atoms with Crippen LogP contribution in [0.5, 0.6) is 0 Å². The normalized spacial score (nSPS) is 12.9. The van der Waals surface area contributed by atoms with Gasteiger partial charge in [-0.15, -0.1) is 0 Å². The van der Waals surface area contributed by atoms with Crippen molar-refractivity contribution in [2.24, 2.45) is 0 Å². The van der Waals surface area contributed by atoms with E-state index < -0.39 is 0 Å². The van der Waals surface area contributed by atoms with Gasteiger partial charge in [-0.2, -0.15) is 5.26 Å². The van der Waals surface area contributed by atoms with Crippen LogP contribution >= 0.6 is 11.8 Å². The predicted molar refractivity (Wildman–Crippen MR) is 83.9 cm³/mol. The quantitative estimate of drug-likeness (QED) is 0.857. The van der Waals surface area contributed by atoms with Crippen molar-refractivity contribution in [1.82, 2.24) is 0 Å². The maximum atomic E-state index is 12.4. The lowest BCUT2D eigenvalue weighted by molar-refractivity contribution is 0.258. The Hall–Kier alpha value is -2.71. The summed E-state index contributed by atoms with van der Waals surface area (Å²) in [5.41, 5.74) is 1.49. The number of anilines is 2. The Morgan fingerprint density at radius 3 is 2.57 bits per heavy atom. The number of carbonyl (C=O) groups is 1. The molecule has 0 saturated heterocycles. The molecule has 0 bridgehead atoms. The monoisotopic (exact) mass is 293 g/mol. The fourth-order valence-corrected chi connectivity index (χ4v) is 2.86. The van der Waals surface area contributed by atoms with Gasteiger partial charge in [-0.25, -0.2) is 4.79 Å². The van der Waals surface area contributed by atoms with Crippen LogP contribution in [0.2, 0.25) is 0 Å². The van der Waals surface area contributed by atoms with E-state index in [0.717, 1.165) is 10.6 Å². The maximum absolute atomic E-state index is 12.4. The van der Waals surface area contributed by atoms with Crippen molar-refractivity contribution in [2.45, 2.75) is 4.90 Å². The number of nitrogens with zero attached hydrogens (tertiary/aromatic N) is 2. The number of benzene rings is 2. The molecule has 1 aliphatic rings. The molecule has 0 aliphatic carbocycles. The second-order valence-corrected chi connectivity index (χ2v) is 5.42. The Kier molecular flexibility index (Phi) is 3.63. The highest BCUT2D eigenvalue weighted by Gasteiger charge is 2.23. The Labute approximate surface area is 126 Å². The van der Waals surface area contributed by atoms with Gasteiger partial charge in [0.25, 0.3) is 0 Å². The summed E-state index contributed by atoms with van der Waals surface area (Å²) in [4.78, 5) is 15.3. The maximum Gasteiger partial charge on any atom is 0.330 e. The highest BCUT2D eigenvalue weighted by Crippen LogP contribution is 2.39. The van der Waals surface area contributed by atoms with Crippen LogP contribution in [-0.2, 0) is 0 Å². The first-order valence-electron chi connectivity index (χ1n) is 6.32. The number of amides is 2. The van der Waals surface area contributed by atoms with Crippen molar-refractivity contribution >= 4 is 29.2 Å². The average molecular weight is 293 g/mol. The predicted octanol–water partition coefficient (Wildman–Crippen LogP) is 4.20. The SMILES string of the molecule is N#CC1=CN(C(=O)Nc2ccccc2)c2ccccc2S1. The van der Waals surface area contributed by atoms with Crippen LogP contribution in [-0.4, -0.2) is 6.03 Å². The molecule has 0 spiro atoms. The summed E-state index contributed by atoms with van der Waals surface area (Å²) in [7, 11) is 0. The van der Waals surface area contributed by atoms with E-state index in [1.54, 1.807) is 6.20 Å². The van der Waals surface area contributed by atoms with E-state index in [1.807, 2.05) is 54.6 Å². The first-order valence-corrected chi connectivity index (χ1v) is 7.13. The molecule has 2 amide bonds. The van der Waals surface area contributed by atoms with Crippen molar-refractivity contribution < 1.29 is 4.79 Å². The van der Waals surface area contributed by atoms with Crippen molar-refractivity contribution in [2.75, 3.05) is 10.2 Å². The molecular weight excluding hydrogens is 282 g/mol. The molecule has 4 nitrogen and oxygen atoms in total. The lowest BCUT2D eigenvalue weighted by Crippen LogP contribution is -2.32. The fraction of sp³-hybridized carbons (Fsp3) is 0. The van der Waals surface area contributed by atoms with Crippen molar-refractivity contribution in [3.63, 3.8) is 0 Å². The van der Waals surface area contributed by atoms with Crippen LogP contribution in [0.3, 0.4) is 0 Å². The molecule has 0 atom stereocenters. The van der Waals surface area contributed by atoms with E-state index in [4.69, 9.17) is 5.26 Å². The van der Waals surface area contributed by atoms with Crippen LogP contribution in [0.4, 0.5) is 16.2 Å². The number of thioether (sulfide) groups is 1. The minimum atomic E-state index is -0.290. The van der Waals surface area contributed by atoms with Gasteiger partial charge >= 0.3 is 6.03 Å². The van der Waals surface area contributed by atoms with Gasteiger partial charge in [-0.3, -0.25) is 4.90 Å². The molecule has 0 unspecified atom stereocenters. The molecule has 2 aromatic carbocycles.